The summed E-state index contributed by atoms with van der Waals surface area (Å²) in [5.41, 5.74) is 0.541. The molecule has 1 aliphatic rings. The number of esters is 2. The number of likely N-dealkylation sites (tertiary alicyclic amines) is 1. The Morgan fingerprint density at radius 3 is 2.45 bits per heavy atom. The van der Waals surface area contributed by atoms with E-state index in [4.69, 9.17) is 9.47 Å². The van der Waals surface area contributed by atoms with E-state index in [2.05, 4.69) is 10.1 Å². The number of aryl methyl sites for hydroxylation is 1. The van der Waals surface area contributed by atoms with Crippen molar-refractivity contribution in [1.82, 2.24) is 19.7 Å². The third kappa shape index (κ3) is 5.25. The van der Waals surface area contributed by atoms with E-state index < -0.39 is 12.1 Å². The zero-order valence-electron chi connectivity index (χ0n) is 17.7. The van der Waals surface area contributed by atoms with Crippen molar-refractivity contribution in [1.29, 1.82) is 0 Å². The number of carbonyl (C=O) groups excluding carboxylic acids is 3. The molecule has 10 heteroatoms. The number of nitrogens with zero attached hydrogens (tertiary/aromatic N) is 4. The van der Waals surface area contributed by atoms with Crippen LogP contribution in [0.1, 0.15) is 43.1 Å². The number of benzene rings is 1. The average molecular weight is 432 g/mol. The van der Waals surface area contributed by atoms with Gasteiger partial charge in [0.05, 0.1) is 18.2 Å². The number of carbonyl (C=O) groups is 3. The van der Waals surface area contributed by atoms with Crippen molar-refractivity contribution in [3.05, 3.63) is 41.7 Å². The highest BCUT2D eigenvalue weighted by molar-refractivity contribution is 5.89. The van der Waals surface area contributed by atoms with Crippen LogP contribution in [0.4, 0.5) is 4.39 Å². The van der Waals surface area contributed by atoms with Gasteiger partial charge in [-0.05, 0) is 57.9 Å². The fourth-order valence-corrected chi connectivity index (χ4v) is 3.42. The first-order valence-corrected chi connectivity index (χ1v) is 10.2. The van der Waals surface area contributed by atoms with E-state index >= 15 is 0 Å². The number of piperidine rings is 1. The molecule has 1 aromatic heterocycles. The van der Waals surface area contributed by atoms with Gasteiger partial charge in [0, 0.05) is 13.1 Å². The van der Waals surface area contributed by atoms with Crippen LogP contribution in [0.5, 0.6) is 0 Å². The molecule has 1 aliphatic heterocycles. The summed E-state index contributed by atoms with van der Waals surface area (Å²) < 4.78 is 24.8. The second kappa shape index (κ2) is 9.67. The Labute approximate surface area is 179 Å². The lowest BCUT2D eigenvalue weighted by molar-refractivity contribution is -0.152. The number of rotatable bonds is 6. The normalized spacial score (nSPS) is 15.4. The van der Waals surface area contributed by atoms with Gasteiger partial charge in [0.2, 0.25) is 0 Å². The van der Waals surface area contributed by atoms with Crippen LogP contribution in [0.2, 0.25) is 0 Å². The van der Waals surface area contributed by atoms with Crippen molar-refractivity contribution < 1.29 is 28.2 Å². The lowest BCUT2D eigenvalue weighted by atomic mass is 9.97. The highest BCUT2D eigenvalue weighted by Crippen LogP contribution is 2.20. The number of hydrogen-bond donors (Lipinski definition) is 0. The van der Waals surface area contributed by atoms with Crippen LogP contribution in [0, 0.1) is 18.7 Å². The minimum atomic E-state index is -1.02. The average Bonchev–Trinajstić information content (AvgIpc) is 3.15. The largest absolute Gasteiger partial charge is 0.466 e. The molecule has 0 aliphatic carbocycles. The third-order valence-electron chi connectivity index (χ3n) is 5.08. The molecule has 9 nitrogen and oxygen atoms in total. The van der Waals surface area contributed by atoms with Crippen molar-refractivity contribution in [3.63, 3.8) is 0 Å². The lowest BCUT2D eigenvalue weighted by Crippen LogP contribution is -2.45. The van der Waals surface area contributed by atoms with E-state index in [-0.39, 0.29) is 29.4 Å². The molecule has 1 saturated heterocycles. The van der Waals surface area contributed by atoms with Gasteiger partial charge >= 0.3 is 11.9 Å². The van der Waals surface area contributed by atoms with Crippen molar-refractivity contribution in [3.8, 4) is 5.69 Å². The summed E-state index contributed by atoms with van der Waals surface area (Å²) in [5, 5.41) is 4.11. The molecule has 0 N–H and O–H groups in total. The van der Waals surface area contributed by atoms with Gasteiger partial charge in [-0.3, -0.25) is 9.59 Å². The first-order chi connectivity index (χ1) is 14.8. The Bertz CT molecular complexity index is 951. The molecule has 1 amide bonds. The summed E-state index contributed by atoms with van der Waals surface area (Å²) in [6, 6.07) is 5.58. The van der Waals surface area contributed by atoms with Gasteiger partial charge in [0.25, 0.3) is 11.7 Å². The number of hydrogen-bond acceptors (Lipinski definition) is 7. The number of aromatic nitrogens is 3. The predicted octanol–water partition coefficient (Wildman–Crippen LogP) is 2.06. The van der Waals surface area contributed by atoms with Gasteiger partial charge in [-0.1, -0.05) is 0 Å². The first-order valence-electron chi connectivity index (χ1n) is 10.2. The molecule has 0 spiro atoms. The maximum atomic E-state index is 13.1. The predicted molar refractivity (Wildman–Crippen MR) is 107 cm³/mol. The van der Waals surface area contributed by atoms with E-state index in [1.807, 2.05) is 0 Å². The summed E-state index contributed by atoms with van der Waals surface area (Å²) in [6.07, 6.45) is -0.00740. The Kier molecular flexibility index (Phi) is 6.98. The van der Waals surface area contributed by atoms with Crippen LogP contribution >= 0.6 is 0 Å². The summed E-state index contributed by atoms with van der Waals surface area (Å²) in [6.45, 7) is 6.00. The maximum Gasteiger partial charge on any atom is 0.379 e. The molecular weight excluding hydrogens is 407 g/mol. The van der Waals surface area contributed by atoms with Crippen LogP contribution in [0.15, 0.2) is 24.3 Å². The smallest absolute Gasteiger partial charge is 0.379 e. The monoisotopic (exact) mass is 432 g/mol. The number of amides is 1. The molecule has 166 valence electrons. The summed E-state index contributed by atoms with van der Waals surface area (Å²) in [5.74, 6) is -1.80. The molecular formula is C21H25FN4O5. The zero-order chi connectivity index (χ0) is 22.5. The van der Waals surface area contributed by atoms with Crippen LogP contribution in [0.25, 0.3) is 5.69 Å². The first kappa shape index (κ1) is 22.4. The third-order valence-corrected chi connectivity index (χ3v) is 5.08. The molecule has 0 unspecified atom stereocenters. The van der Waals surface area contributed by atoms with Gasteiger partial charge in [-0.2, -0.15) is 0 Å². The zero-order valence-corrected chi connectivity index (χ0v) is 17.7. The van der Waals surface area contributed by atoms with Gasteiger partial charge < -0.3 is 14.4 Å². The van der Waals surface area contributed by atoms with Crippen molar-refractivity contribution in [2.75, 3.05) is 19.7 Å². The Balaban J connectivity index is 1.58. The van der Waals surface area contributed by atoms with Gasteiger partial charge in [-0.25, -0.2) is 18.9 Å². The second-order valence-corrected chi connectivity index (χ2v) is 7.27. The van der Waals surface area contributed by atoms with Gasteiger partial charge in [0.1, 0.15) is 11.6 Å². The number of ether oxygens (including phenoxy) is 2. The lowest BCUT2D eigenvalue weighted by Gasteiger charge is -2.32. The van der Waals surface area contributed by atoms with E-state index in [0.29, 0.717) is 44.0 Å². The maximum absolute atomic E-state index is 13.1. The molecule has 31 heavy (non-hydrogen) atoms. The van der Waals surface area contributed by atoms with E-state index in [0.717, 1.165) is 0 Å². The van der Waals surface area contributed by atoms with Crippen molar-refractivity contribution >= 4 is 17.8 Å². The van der Waals surface area contributed by atoms with Crippen LogP contribution in [-0.4, -0.2) is 63.3 Å². The number of halogens is 1. The van der Waals surface area contributed by atoms with Crippen LogP contribution in [0.3, 0.4) is 0 Å². The molecule has 0 saturated carbocycles. The minimum Gasteiger partial charge on any atom is -0.466 e. The molecule has 2 aromatic rings. The molecule has 2 heterocycles. The minimum absolute atomic E-state index is 0.192. The second-order valence-electron chi connectivity index (χ2n) is 7.27. The van der Waals surface area contributed by atoms with Crippen molar-refractivity contribution in [2.24, 2.45) is 5.92 Å². The van der Waals surface area contributed by atoms with Gasteiger partial charge in [-0.15, -0.1) is 5.10 Å². The van der Waals surface area contributed by atoms with E-state index in [1.165, 1.54) is 35.9 Å². The SMILES string of the molecule is CCOC(=O)C1CCN(C(=O)[C@H](C)OC(=O)c2nc(C)n(-c3ccc(F)cc3)n2)CC1. The van der Waals surface area contributed by atoms with Crippen molar-refractivity contribution in [2.45, 2.75) is 39.7 Å². The summed E-state index contributed by atoms with van der Waals surface area (Å²) in [7, 11) is 0. The highest BCUT2D eigenvalue weighted by atomic mass is 19.1. The quantitative estimate of drug-likeness (QED) is 0.644. The molecule has 1 fully saturated rings. The Morgan fingerprint density at radius 1 is 1.19 bits per heavy atom. The molecule has 3 rings (SSSR count). The fraction of sp³-hybridized carbons (Fsp3) is 0.476. The standard InChI is InChI=1S/C21H25FN4O5/c1-4-30-20(28)15-9-11-25(12-10-15)19(27)13(2)31-21(29)18-23-14(3)26(24-18)17-7-5-16(22)6-8-17/h5-8,13,15H,4,9-12H2,1-3H3/t13-/m0/s1. The molecule has 0 radical (unpaired) electrons. The topological polar surface area (TPSA) is 104 Å². The molecule has 1 aromatic carbocycles. The fourth-order valence-electron chi connectivity index (χ4n) is 3.42. The van der Waals surface area contributed by atoms with Gasteiger partial charge in [0.15, 0.2) is 6.10 Å². The molecule has 0 bridgehead atoms. The molecule has 1 atom stereocenters. The summed E-state index contributed by atoms with van der Waals surface area (Å²) >= 11 is 0. The van der Waals surface area contributed by atoms with E-state index in [1.54, 1.807) is 18.7 Å². The Morgan fingerprint density at radius 2 is 1.84 bits per heavy atom. The van der Waals surface area contributed by atoms with E-state index in [9.17, 15) is 18.8 Å². The highest BCUT2D eigenvalue weighted by Gasteiger charge is 2.32. The van der Waals surface area contributed by atoms with Crippen LogP contribution < -0.4 is 0 Å². The van der Waals surface area contributed by atoms with Crippen LogP contribution in [-0.2, 0) is 19.1 Å². The summed E-state index contributed by atoms with van der Waals surface area (Å²) in [4.78, 5) is 42.6. The Hall–Kier alpha value is -3.30.